The van der Waals surface area contributed by atoms with Crippen molar-refractivity contribution in [2.24, 2.45) is 0 Å². The van der Waals surface area contributed by atoms with Gasteiger partial charge in [-0.3, -0.25) is 4.55 Å². The van der Waals surface area contributed by atoms with Crippen LogP contribution in [0.3, 0.4) is 0 Å². The number of rotatable bonds is 8. The summed E-state index contributed by atoms with van der Waals surface area (Å²) in [4.78, 5) is 2.43. The third kappa shape index (κ3) is 5.78. The Kier molecular flexibility index (Phi) is 8.49. The lowest BCUT2D eigenvalue weighted by molar-refractivity contribution is -0.437. The molecule has 7 heteroatoms. The molecule has 0 fully saturated rings. The van der Waals surface area contributed by atoms with Crippen molar-refractivity contribution in [3.05, 3.63) is 130 Å². The van der Waals surface area contributed by atoms with Gasteiger partial charge in [0.05, 0.1) is 11.2 Å². The van der Waals surface area contributed by atoms with Crippen LogP contribution in [0, 0.1) is 0 Å². The van der Waals surface area contributed by atoms with Crippen LogP contribution in [0.1, 0.15) is 65.0 Å². The van der Waals surface area contributed by atoms with Gasteiger partial charge in [-0.05, 0) is 90.1 Å². The molecule has 7 rings (SSSR count). The average Bonchev–Trinajstić information content (AvgIpc) is 3.61. The molecular formula is C42H44ClN2O3S+. The Morgan fingerprint density at radius 3 is 2.16 bits per heavy atom. The molecule has 0 saturated carbocycles. The van der Waals surface area contributed by atoms with Crippen LogP contribution in [0.5, 0.6) is 0 Å². The molecule has 4 aromatic carbocycles. The first-order valence-electron chi connectivity index (χ1n) is 17.2. The van der Waals surface area contributed by atoms with E-state index >= 15 is 0 Å². The van der Waals surface area contributed by atoms with Crippen molar-refractivity contribution in [3.8, 4) is 0 Å². The second kappa shape index (κ2) is 12.4. The summed E-state index contributed by atoms with van der Waals surface area (Å²) in [6, 6.07) is 25.8. The summed E-state index contributed by atoms with van der Waals surface area (Å²) < 4.78 is 34.9. The summed E-state index contributed by atoms with van der Waals surface area (Å²) in [7, 11) is -4.06. The fourth-order valence-corrected chi connectivity index (χ4v) is 9.23. The van der Waals surface area contributed by atoms with E-state index in [9.17, 15) is 13.0 Å². The molecule has 0 atom stereocenters. The van der Waals surface area contributed by atoms with E-state index in [0.29, 0.717) is 13.0 Å². The molecule has 0 bridgehead atoms. The number of likely N-dealkylation sites (N-methyl/N-ethyl adjacent to an activating group) is 1. The van der Waals surface area contributed by atoms with Crippen molar-refractivity contribution in [2.75, 3.05) is 23.7 Å². The maximum Gasteiger partial charge on any atom is 0.265 e. The maximum atomic E-state index is 11.6. The monoisotopic (exact) mass is 691 g/mol. The van der Waals surface area contributed by atoms with Gasteiger partial charge in [-0.1, -0.05) is 92.2 Å². The maximum absolute atomic E-state index is 11.6. The van der Waals surface area contributed by atoms with E-state index in [1.54, 1.807) is 0 Å². The summed E-state index contributed by atoms with van der Waals surface area (Å²) in [6.07, 6.45) is 10.8. The molecule has 0 aromatic heterocycles. The van der Waals surface area contributed by atoms with Gasteiger partial charge in [0, 0.05) is 52.5 Å². The van der Waals surface area contributed by atoms with Crippen molar-refractivity contribution in [1.82, 2.24) is 0 Å². The molecule has 1 N–H and O–H groups in total. The molecule has 0 radical (unpaired) electrons. The third-order valence-corrected chi connectivity index (χ3v) is 12.0. The van der Waals surface area contributed by atoms with Crippen molar-refractivity contribution in [1.29, 1.82) is 0 Å². The van der Waals surface area contributed by atoms with Crippen LogP contribution >= 0.6 is 11.6 Å². The Hall–Kier alpha value is -3.97. The van der Waals surface area contributed by atoms with Crippen molar-refractivity contribution >= 4 is 60.4 Å². The van der Waals surface area contributed by atoms with E-state index in [1.165, 1.54) is 44.1 Å². The highest BCUT2D eigenvalue weighted by molar-refractivity contribution is 7.85. The Bertz CT molecular complexity index is 2290. The number of allylic oxidation sites excluding steroid dienone is 8. The van der Waals surface area contributed by atoms with Crippen LogP contribution in [-0.2, 0) is 20.9 Å². The van der Waals surface area contributed by atoms with Gasteiger partial charge in [-0.2, -0.15) is 13.0 Å². The van der Waals surface area contributed by atoms with Crippen molar-refractivity contribution in [3.63, 3.8) is 0 Å². The van der Waals surface area contributed by atoms with Crippen molar-refractivity contribution < 1.29 is 17.5 Å². The average molecular weight is 692 g/mol. The quantitative estimate of drug-likeness (QED) is 0.148. The van der Waals surface area contributed by atoms with Gasteiger partial charge in [0.2, 0.25) is 5.69 Å². The molecule has 0 unspecified atom stereocenters. The number of halogens is 1. The fourth-order valence-electron chi connectivity index (χ4n) is 8.42. The normalized spacial score (nSPS) is 20.2. The minimum atomic E-state index is -4.06. The van der Waals surface area contributed by atoms with Crippen molar-refractivity contribution in [2.45, 2.75) is 64.7 Å². The number of anilines is 1. The van der Waals surface area contributed by atoms with E-state index in [1.807, 2.05) is 0 Å². The number of hydrogen-bond acceptors (Lipinski definition) is 3. The summed E-state index contributed by atoms with van der Waals surface area (Å²) >= 11 is 7.13. The van der Waals surface area contributed by atoms with Gasteiger partial charge in [-0.15, -0.1) is 0 Å². The number of fused-ring (bicyclic) bond motifs is 6. The zero-order chi connectivity index (χ0) is 34.7. The summed E-state index contributed by atoms with van der Waals surface area (Å²) in [6.45, 7) is 12.7. The lowest BCUT2D eigenvalue weighted by Crippen LogP contribution is -2.28. The van der Waals surface area contributed by atoms with Crippen LogP contribution in [0.2, 0.25) is 0 Å². The molecule has 2 heterocycles. The highest BCUT2D eigenvalue weighted by atomic mass is 35.5. The Balaban J connectivity index is 1.23. The summed E-state index contributed by atoms with van der Waals surface area (Å²) in [5.41, 5.74) is 9.05. The standard InChI is InChI=1S/C42H43ClN2O3S/c1-6-44-34-22-18-28-12-7-9-14-32(28)38(34)41(2,3)36(44)24-20-30-16-17-31(40(30)43)21-25-37-42(4,5)39-33-15-10-8-13-29(33)19-23-35(39)45(37)26-11-27-49(46,47)48/h7-10,12-15,18-25H,6,11,16-17,26-27H2,1-5H3/p+1. The summed E-state index contributed by atoms with van der Waals surface area (Å²) in [5, 5.41) is 5.73. The Labute approximate surface area is 295 Å². The van der Waals surface area contributed by atoms with Gasteiger partial charge in [0.1, 0.15) is 6.54 Å². The molecule has 49 heavy (non-hydrogen) atoms. The fraction of sp³-hybridized carbons (Fsp3) is 0.310. The molecule has 4 aromatic rings. The first kappa shape index (κ1) is 33.5. The molecule has 1 aliphatic carbocycles. The largest absolute Gasteiger partial charge is 0.344 e. The molecule has 3 aliphatic rings. The zero-order valence-electron chi connectivity index (χ0n) is 28.9. The van der Waals surface area contributed by atoms with Gasteiger partial charge < -0.3 is 4.90 Å². The molecule has 2 aliphatic heterocycles. The van der Waals surface area contributed by atoms with Gasteiger partial charge in [0.25, 0.3) is 10.1 Å². The van der Waals surface area contributed by atoms with Crippen LogP contribution in [0.15, 0.2) is 119 Å². The Morgan fingerprint density at radius 1 is 0.837 bits per heavy atom. The second-order valence-corrected chi connectivity index (χ2v) is 16.4. The molecular weight excluding hydrogens is 648 g/mol. The topological polar surface area (TPSA) is 60.6 Å². The number of hydrogen-bond donors (Lipinski definition) is 1. The van der Waals surface area contributed by atoms with E-state index in [4.69, 9.17) is 11.6 Å². The van der Waals surface area contributed by atoms with Crippen LogP contribution in [-0.4, -0.2) is 42.1 Å². The smallest absolute Gasteiger partial charge is 0.265 e. The second-order valence-electron chi connectivity index (χ2n) is 14.4. The minimum absolute atomic E-state index is 0.163. The third-order valence-electron chi connectivity index (χ3n) is 10.7. The molecule has 0 spiro atoms. The summed E-state index contributed by atoms with van der Waals surface area (Å²) in [5.74, 6) is -0.280. The lowest BCUT2D eigenvalue weighted by atomic mass is 9.79. The van der Waals surface area contributed by atoms with Crippen LogP contribution in [0.25, 0.3) is 21.5 Å². The van der Waals surface area contributed by atoms with E-state index in [-0.39, 0.29) is 16.6 Å². The highest BCUT2D eigenvalue weighted by Crippen LogP contribution is 2.51. The van der Waals surface area contributed by atoms with Gasteiger partial charge in [0.15, 0.2) is 5.71 Å². The number of benzene rings is 4. The van der Waals surface area contributed by atoms with Gasteiger partial charge in [-0.25, -0.2) is 0 Å². The predicted octanol–water partition coefficient (Wildman–Crippen LogP) is 10.1. The SMILES string of the molecule is CCN1/C(=C/C=C2\CCC(/C=C/C3=[N+](CCCS(=O)(=O)O)c4ccc5ccccc5c4C3(C)C)=C2Cl)C(C)(C)c2c1ccc1ccccc21. The predicted molar refractivity (Wildman–Crippen MR) is 205 cm³/mol. The van der Waals surface area contributed by atoms with Crippen LogP contribution in [0.4, 0.5) is 11.4 Å². The highest BCUT2D eigenvalue weighted by Gasteiger charge is 2.45. The number of nitrogens with zero attached hydrogens (tertiary/aromatic N) is 2. The lowest BCUT2D eigenvalue weighted by Gasteiger charge is -2.26. The molecule has 5 nitrogen and oxygen atoms in total. The Morgan fingerprint density at radius 2 is 1.49 bits per heavy atom. The first-order valence-corrected chi connectivity index (χ1v) is 19.2. The zero-order valence-corrected chi connectivity index (χ0v) is 30.5. The van der Waals surface area contributed by atoms with Gasteiger partial charge >= 0.3 is 0 Å². The van der Waals surface area contributed by atoms with E-state index in [0.717, 1.165) is 47.0 Å². The van der Waals surface area contributed by atoms with Crippen LogP contribution < -0.4 is 4.90 Å². The molecule has 252 valence electrons. The molecule has 0 saturated heterocycles. The van der Waals surface area contributed by atoms with E-state index < -0.39 is 10.1 Å². The first-order chi connectivity index (χ1) is 23.3. The minimum Gasteiger partial charge on any atom is -0.344 e. The molecule has 0 amide bonds. The van der Waals surface area contributed by atoms with E-state index in [2.05, 4.69) is 141 Å².